The molecule has 0 fully saturated rings. The van der Waals surface area contributed by atoms with Gasteiger partial charge in [-0.15, -0.1) is 0 Å². The topological polar surface area (TPSA) is 72.8 Å². The summed E-state index contributed by atoms with van der Waals surface area (Å²) < 4.78 is 16.5. The van der Waals surface area contributed by atoms with Gasteiger partial charge in [0.15, 0.2) is 0 Å². The van der Waals surface area contributed by atoms with E-state index < -0.39 is 12.1 Å². The van der Waals surface area contributed by atoms with E-state index in [-0.39, 0.29) is 22.7 Å². The summed E-state index contributed by atoms with van der Waals surface area (Å²) >= 11 is 0. The lowest BCUT2D eigenvalue weighted by Crippen LogP contribution is -2.25. The summed E-state index contributed by atoms with van der Waals surface area (Å²) in [5.74, 6) is -0.400. The second-order valence-corrected chi connectivity index (χ2v) is 7.59. The molecule has 0 spiro atoms. The lowest BCUT2D eigenvalue weighted by Gasteiger charge is -2.23. The molecule has 20 heavy (non-hydrogen) atoms. The van der Waals surface area contributed by atoms with Crippen molar-refractivity contribution in [3.05, 3.63) is 12.2 Å². The molecule has 0 bridgehead atoms. The number of carbonyl (C=O) groups excluding carboxylic acids is 1. The molecule has 1 N–H and O–H groups in total. The molecule has 0 aromatic carbocycles. The van der Waals surface area contributed by atoms with Crippen LogP contribution in [0, 0.1) is 0 Å². The smallest absolute Gasteiger partial charge is 0.458 e. The van der Waals surface area contributed by atoms with Crippen molar-refractivity contribution in [3.8, 4) is 0 Å². The second-order valence-electron chi connectivity index (χ2n) is 4.57. The third-order valence-electron chi connectivity index (χ3n) is 2.60. The van der Waals surface area contributed by atoms with Crippen LogP contribution in [0.15, 0.2) is 12.2 Å². The highest BCUT2D eigenvalue weighted by molar-refractivity contribution is 8.77. The maximum absolute atomic E-state index is 11.4. The number of hydrogen-bond acceptors (Lipinski definition) is 7. The number of carbonyl (C=O) groups is 2. The van der Waals surface area contributed by atoms with Crippen LogP contribution in [0.1, 0.15) is 34.6 Å². The predicted molar refractivity (Wildman–Crippen MR) is 83.0 cm³/mol. The first kappa shape index (κ1) is 17.2. The summed E-state index contributed by atoms with van der Waals surface area (Å²) in [4.78, 5) is 22.3. The SMILES string of the molecule is [2H]OC(=O)OC(C)C(C)SSC(C)C(C)OC(=O)C(=C)C. The molecule has 0 saturated carbocycles. The molecule has 0 aliphatic carbocycles. The van der Waals surface area contributed by atoms with E-state index in [0.717, 1.165) is 0 Å². The molecule has 0 aliphatic heterocycles. The van der Waals surface area contributed by atoms with Gasteiger partial charge in [0, 0.05) is 16.1 Å². The van der Waals surface area contributed by atoms with E-state index in [1.807, 2.05) is 20.8 Å². The molecule has 0 amide bonds. The molecule has 0 aliphatic rings. The predicted octanol–water partition coefficient (Wildman–Crippen LogP) is 3.74. The number of hydrogen-bond donors (Lipinski definition) is 1. The van der Waals surface area contributed by atoms with Crippen LogP contribution in [-0.4, -0.2) is 39.9 Å². The number of rotatable bonds is 8. The fourth-order valence-electron chi connectivity index (χ4n) is 0.945. The Labute approximate surface area is 129 Å². The van der Waals surface area contributed by atoms with Crippen molar-refractivity contribution in [2.75, 3.05) is 0 Å². The quantitative estimate of drug-likeness (QED) is 0.414. The number of ether oxygens (including phenoxy) is 2. The number of carboxylic acid groups (broad SMARTS) is 1. The maximum atomic E-state index is 11.4. The molecular weight excluding hydrogens is 300 g/mol. The highest BCUT2D eigenvalue weighted by Crippen LogP contribution is 2.35. The Morgan fingerprint density at radius 1 is 1.10 bits per heavy atom. The van der Waals surface area contributed by atoms with Gasteiger partial charge < -0.3 is 14.6 Å². The average molecular weight is 323 g/mol. The highest BCUT2D eigenvalue weighted by atomic mass is 33.1. The van der Waals surface area contributed by atoms with E-state index in [1.165, 1.54) is 10.8 Å². The van der Waals surface area contributed by atoms with Gasteiger partial charge in [0.05, 0.1) is 0 Å². The molecule has 7 heteroatoms. The third kappa shape index (κ3) is 7.69. The van der Waals surface area contributed by atoms with Gasteiger partial charge >= 0.3 is 13.6 Å². The van der Waals surface area contributed by atoms with Gasteiger partial charge in [-0.05, 0) is 34.6 Å². The zero-order chi connectivity index (χ0) is 16.6. The van der Waals surface area contributed by atoms with E-state index >= 15 is 0 Å². The Morgan fingerprint density at radius 3 is 1.95 bits per heavy atom. The van der Waals surface area contributed by atoms with Crippen molar-refractivity contribution < 1.29 is 24.2 Å². The summed E-state index contributed by atoms with van der Waals surface area (Å²) in [6.45, 7) is 12.5. The molecule has 4 unspecified atom stereocenters. The normalized spacial score (nSPS) is 17.1. The monoisotopic (exact) mass is 323 g/mol. The van der Waals surface area contributed by atoms with Crippen LogP contribution in [-0.2, 0) is 14.3 Å². The van der Waals surface area contributed by atoms with Crippen molar-refractivity contribution in [1.82, 2.24) is 0 Å². The lowest BCUT2D eigenvalue weighted by atomic mass is 10.3. The summed E-state index contributed by atoms with van der Waals surface area (Å²) in [7, 11) is 3.06. The highest BCUT2D eigenvalue weighted by Gasteiger charge is 2.22. The van der Waals surface area contributed by atoms with E-state index in [9.17, 15) is 9.59 Å². The Bertz CT molecular complexity index is 378. The van der Waals surface area contributed by atoms with Gasteiger partial charge in [-0.25, -0.2) is 9.59 Å². The standard InChI is InChI=1S/C13H22O5S2/c1-7(2)12(14)17-8(3)10(5)19-20-11(6)9(4)18-13(15)16/h8-11H,1H2,2-6H3,(H,15,16)/i/hD. The van der Waals surface area contributed by atoms with Gasteiger partial charge in [-0.1, -0.05) is 28.2 Å². The summed E-state index contributed by atoms with van der Waals surface area (Å²) in [6, 6.07) is 0. The minimum atomic E-state index is -1.02. The molecule has 0 aromatic heterocycles. The lowest BCUT2D eigenvalue weighted by molar-refractivity contribution is -0.143. The minimum Gasteiger partial charge on any atom is -0.458 e. The van der Waals surface area contributed by atoms with Crippen LogP contribution < -0.4 is 0 Å². The van der Waals surface area contributed by atoms with Crippen molar-refractivity contribution in [2.45, 2.75) is 57.3 Å². The molecule has 0 rings (SSSR count). The van der Waals surface area contributed by atoms with Gasteiger partial charge in [-0.3, -0.25) is 0 Å². The average Bonchev–Trinajstić information content (AvgIpc) is 2.43. The summed E-state index contributed by atoms with van der Waals surface area (Å²) in [5.41, 5.74) is 0.371. The summed E-state index contributed by atoms with van der Waals surface area (Å²) in [5, 5.41) is 3.77. The number of esters is 1. The van der Waals surface area contributed by atoms with Gasteiger partial charge in [0.2, 0.25) is 0 Å². The first-order valence-corrected chi connectivity index (χ1v) is 8.49. The zero-order valence-electron chi connectivity index (χ0n) is 13.4. The van der Waals surface area contributed by atoms with Crippen molar-refractivity contribution in [3.63, 3.8) is 0 Å². The molecule has 0 aromatic rings. The van der Waals surface area contributed by atoms with Gasteiger partial charge in [-0.2, -0.15) is 0 Å². The second kappa shape index (κ2) is 9.18. The molecule has 0 heterocycles. The van der Waals surface area contributed by atoms with Crippen LogP contribution in [0.5, 0.6) is 0 Å². The largest absolute Gasteiger partial charge is 0.506 e. The Hall–Kier alpha value is -0.820. The van der Waals surface area contributed by atoms with Crippen LogP contribution in [0.4, 0.5) is 4.79 Å². The molecule has 0 radical (unpaired) electrons. The molecular formula is C13H22O5S2. The first-order valence-electron chi connectivity index (χ1n) is 6.62. The minimum absolute atomic E-state index is 0.000548. The Morgan fingerprint density at radius 2 is 1.55 bits per heavy atom. The van der Waals surface area contributed by atoms with E-state index in [1.54, 1.807) is 24.6 Å². The van der Waals surface area contributed by atoms with E-state index in [4.69, 9.17) is 10.9 Å². The maximum Gasteiger partial charge on any atom is 0.506 e. The summed E-state index contributed by atoms with van der Waals surface area (Å²) in [6.07, 6.45) is -1.66. The van der Waals surface area contributed by atoms with Crippen LogP contribution in [0.2, 0.25) is 0 Å². The first-order chi connectivity index (χ1) is 9.68. The van der Waals surface area contributed by atoms with Crippen LogP contribution in [0.3, 0.4) is 0 Å². The molecule has 4 atom stereocenters. The molecule has 116 valence electrons. The van der Waals surface area contributed by atoms with Gasteiger partial charge in [0.1, 0.15) is 12.2 Å². The Kier molecular flexibility index (Phi) is 7.91. The van der Waals surface area contributed by atoms with Crippen LogP contribution >= 0.6 is 21.6 Å². The third-order valence-corrected chi connectivity index (χ3v) is 6.24. The fraction of sp³-hybridized carbons (Fsp3) is 0.692. The fourth-order valence-corrected chi connectivity index (χ4v) is 3.71. The van der Waals surface area contributed by atoms with Crippen molar-refractivity contribution >= 4 is 33.7 Å². The molecule has 5 nitrogen and oxygen atoms in total. The molecule has 0 saturated heterocycles. The van der Waals surface area contributed by atoms with Gasteiger partial charge in [0.25, 0.3) is 0 Å². The van der Waals surface area contributed by atoms with Crippen molar-refractivity contribution in [1.29, 1.82) is 1.43 Å². The zero-order valence-corrected chi connectivity index (χ0v) is 14.0. The van der Waals surface area contributed by atoms with Crippen LogP contribution in [0.25, 0.3) is 1.43 Å². The van der Waals surface area contributed by atoms with E-state index in [2.05, 4.69) is 11.7 Å². The van der Waals surface area contributed by atoms with Crippen molar-refractivity contribution in [2.24, 2.45) is 0 Å². The Balaban J connectivity index is 4.16. The van der Waals surface area contributed by atoms with E-state index in [0.29, 0.717) is 5.57 Å².